The predicted molar refractivity (Wildman–Crippen MR) is 83.1 cm³/mol. The summed E-state index contributed by atoms with van der Waals surface area (Å²) < 4.78 is 5.97. The lowest BCUT2D eigenvalue weighted by atomic mass is 9.91. The Morgan fingerprint density at radius 1 is 1.00 bits per heavy atom. The lowest BCUT2D eigenvalue weighted by Crippen LogP contribution is -2.24. The molecule has 1 heterocycles. The van der Waals surface area contributed by atoms with Gasteiger partial charge in [0.2, 0.25) is 0 Å². The van der Waals surface area contributed by atoms with Gasteiger partial charge in [0.1, 0.15) is 5.75 Å². The molecule has 0 saturated heterocycles. The molecular weight excluding hydrogens is 246 g/mol. The normalized spacial score (nSPS) is 14.2. The number of hydrogen-bond acceptors (Lipinski definition) is 2. The highest BCUT2D eigenvalue weighted by molar-refractivity contribution is 5.74. The van der Waals surface area contributed by atoms with Gasteiger partial charge in [-0.15, -0.1) is 0 Å². The molecule has 0 radical (unpaired) electrons. The van der Waals surface area contributed by atoms with E-state index in [1.165, 1.54) is 22.3 Å². The summed E-state index contributed by atoms with van der Waals surface area (Å²) in [6.07, 6.45) is 1.30. The molecule has 1 aliphatic heterocycles. The third-order valence-electron chi connectivity index (χ3n) is 3.69. The highest BCUT2D eigenvalue weighted by atomic mass is 16.5. The zero-order chi connectivity index (χ0) is 13.9. The zero-order valence-corrected chi connectivity index (χ0v) is 12.1. The Kier molecular flexibility index (Phi) is 3.75. The standard InChI is InChI=1S/C18H21NO/c1-13(2)20-18-9-4-3-7-16(18)15-8-5-6-14-10-11-19-12-17(14)15/h3-9,13,19H,10-12H2,1-2H3. The van der Waals surface area contributed by atoms with Crippen molar-refractivity contribution in [3.63, 3.8) is 0 Å². The fourth-order valence-electron chi connectivity index (χ4n) is 2.81. The van der Waals surface area contributed by atoms with E-state index in [-0.39, 0.29) is 6.10 Å². The molecule has 0 unspecified atom stereocenters. The molecule has 0 fully saturated rings. The average Bonchev–Trinajstić information content (AvgIpc) is 2.47. The van der Waals surface area contributed by atoms with E-state index < -0.39 is 0 Å². The van der Waals surface area contributed by atoms with Crippen LogP contribution >= 0.6 is 0 Å². The van der Waals surface area contributed by atoms with Gasteiger partial charge in [-0.1, -0.05) is 36.4 Å². The van der Waals surface area contributed by atoms with Crippen molar-refractivity contribution in [2.24, 2.45) is 0 Å². The first-order chi connectivity index (χ1) is 9.75. The minimum absolute atomic E-state index is 0.189. The maximum absolute atomic E-state index is 5.97. The van der Waals surface area contributed by atoms with Crippen molar-refractivity contribution in [3.8, 4) is 16.9 Å². The quantitative estimate of drug-likeness (QED) is 0.913. The molecule has 0 aliphatic carbocycles. The van der Waals surface area contributed by atoms with Crippen LogP contribution in [-0.4, -0.2) is 12.6 Å². The molecule has 0 spiro atoms. The zero-order valence-electron chi connectivity index (χ0n) is 12.1. The first kappa shape index (κ1) is 13.2. The molecular formula is C18H21NO. The Balaban J connectivity index is 2.09. The third kappa shape index (κ3) is 2.56. The summed E-state index contributed by atoms with van der Waals surface area (Å²) in [5.74, 6) is 0.974. The van der Waals surface area contributed by atoms with Crippen LogP contribution in [-0.2, 0) is 13.0 Å². The van der Waals surface area contributed by atoms with Gasteiger partial charge in [0, 0.05) is 12.1 Å². The van der Waals surface area contributed by atoms with E-state index in [9.17, 15) is 0 Å². The molecule has 0 aromatic heterocycles. The van der Waals surface area contributed by atoms with Gasteiger partial charge >= 0.3 is 0 Å². The summed E-state index contributed by atoms with van der Waals surface area (Å²) >= 11 is 0. The van der Waals surface area contributed by atoms with Crippen molar-refractivity contribution in [2.75, 3.05) is 6.54 Å². The van der Waals surface area contributed by atoms with E-state index >= 15 is 0 Å². The summed E-state index contributed by atoms with van der Waals surface area (Å²) in [7, 11) is 0. The van der Waals surface area contributed by atoms with Crippen LogP contribution in [0.4, 0.5) is 0 Å². The van der Waals surface area contributed by atoms with E-state index in [0.29, 0.717) is 0 Å². The number of nitrogens with one attached hydrogen (secondary N) is 1. The molecule has 2 aromatic rings. The first-order valence-electron chi connectivity index (χ1n) is 7.33. The summed E-state index contributed by atoms with van der Waals surface area (Å²) in [6.45, 7) is 6.15. The Morgan fingerprint density at radius 3 is 2.65 bits per heavy atom. The largest absolute Gasteiger partial charge is 0.490 e. The van der Waals surface area contributed by atoms with Crippen LogP contribution in [0.5, 0.6) is 5.75 Å². The fraction of sp³-hybridized carbons (Fsp3) is 0.333. The van der Waals surface area contributed by atoms with Crippen molar-refractivity contribution >= 4 is 0 Å². The molecule has 104 valence electrons. The van der Waals surface area contributed by atoms with Crippen molar-refractivity contribution < 1.29 is 4.74 Å². The van der Waals surface area contributed by atoms with Gasteiger partial charge in [-0.2, -0.15) is 0 Å². The smallest absolute Gasteiger partial charge is 0.127 e. The maximum Gasteiger partial charge on any atom is 0.127 e. The molecule has 2 nitrogen and oxygen atoms in total. The topological polar surface area (TPSA) is 21.3 Å². The SMILES string of the molecule is CC(C)Oc1ccccc1-c1cccc2c1CNCC2. The highest BCUT2D eigenvalue weighted by Crippen LogP contribution is 2.35. The van der Waals surface area contributed by atoms with E-state index in [0.717, 1.165) is 25.3 Å². The Morgan fingerprint density at radius 2 is 1.80 bits per heavy atom. The van der Waals surface area contributed by atoms with Gasteiger partial charge in [0.15, 0.2) is 0 Å². The second-order valence-corrected chi connectivity index (χ2v) is 5.53. The minimum atomic E-state index is 0.189. The molecule has 3 rings (SSSR count). The van der Waals surface area contributed by atoms with Crippen molar-refractivity contribution in [2.45, 2.75) is 32.9 Å². The summed E-state index contributed by atoms with van der Waals surface area (Å²) in [4.78, 5) is 0. The van der Waals surface area contributed by atoms with E-state index in [1.54, 1.807) is 0 Å². The average molecular weight is 267 g/mol. The fourth-order valence-corrected chi connectivity index (χ4v) is 2.81. The molecule has 0 saturated carbocycles. The van der Waals surface area contributed by atoms with Crippen LogP contribution in [0.15, 0.2) is 42.5 Å². The molecule has 2 aromatic carbocycles. The van der Waals surface area contributed by atoms with Crippen LogP contribution in [0.3, 0.4) is 0 Å². The minimum Gasteiger partial charge on any atom is -0.490 e. The number of rotatable bonds is 3. The van der Waals surface area contributed by atoms with Crippen LogP contribution in [0.2, 0.25) is 0 Å². The van der Waals surface area contributed by atoms with Crippen LogP contribution in [0.1, 0.15) is 25.0 Å². The van der Waals surface area contributed by atoms with Gasteiger partial charge in [-0.25, -0.2) is 0 Å². The summed E-state index contributed by atoms with van der Waals surface area (Å²) in [5, 5.41) is 3.47. The van der Waals surface area contributed by atoms with E-state index in [4.69, 9.17) is 4.74 Å². The van der Waals surface area contributed by atoms with Gasteiger partial charge < -0.3 is 10.1 Å². The third-order valence-corrected chi connectivity index (χ3v) is 3.69. The number of ether oxygens (including phenoxy) is 1. The molecule has 1 N–H and O–H groups in total. The van der Waals surface area contributed by atoms with Gasteiger partial charge in [0.25, 0.3) is 0 Å². The Hall–Kier alpha value is -1.80. The summed E-state index contributed by atoms with van der Waals surface area (Å²) in [6, 6.07) is 14.9. The second kappa shape index (κ2) is 5.68. The van der Waals surface area contributed by atoms with Gasteiger partial charge in [0.05, 0.1) is 6.10 Å². The lowest BCUT2D eigenvalue weighted by molar-refractivity contribution is 0.243. The van der Waals surface area contributed by atoms with Crippen molar-refractivity contribution in [3.05, 3.63) is 53.6 Å². The Bertz CT molecular complexity index is 604. The number of fused-ring (bicyclic) bond motifs is 1. The van der Waals surface area contributed by atoms with Crippen molar-refractivity contribution in [1.82, 2.24) is 5.32 Å². The number of hydrogen-bond donors (Lipinski definition) is 1. The van der Waals surface area contributed by atoms with Crippen LogP contribution < -0.4 is 10.1 Å². The lowest BCUT2D eigenvalue weighted by Gasteiger charge is -2.22. The van der Waals surface area contributed by atoms with Crippen LogP contribution in [0.25, 0.3) is 11.1 Å². The number of para-hydroxylation sites is 1. The molecule has 0 amide bonds. The maximum atomic E-state index is 5.97. The number of benzene rings is 2. The summed E-state index contributed by atoms with van der Waals surface area (Å²) in [5.41, 5.74) is 5.37. The highest BCUT2D eigenvalue weighted by Gasteiger charge is 2.16. The molecule has 0 bridgehead atoms. The van der Waals surface area contributed by atoms with Gasteiger partial charge in [-0.05, 0) is 49.6 Å². The van der Waals surface area contributed by atoms with Gasteiger partial charge in [-0.3, -0.25) is 0 Å². The first-order valence-corrected chi connectivity index (χ1v) is 7.33. The van der Waals surface area contributed by atoms with Crippen molar-refractivity contribution in [1.29, 1.82) is 0 Å². The Labute approximate surface area is 120 Å². The van der Waals surface area contributed by atoms with E-state index in [1.807, 2.05) is 6.07 Å². The van der Waals surface area contributed by atoms with E-state index in [2.05, 4.69) is 55.6 Å². The molecule has 0 atom stereocenters. The molecule has 20 heavy (non-hydrogen) atoms. The predicted octanol–water partition coefficient (Wildman–Crippen LogP) is 3.79. The second-order valence-electron chi connectivity index (χ2n) is 5.53. The van der Waals surface area contributed by atoms with Crippen LogP contribution in [0, 0.1) is 0 Å². The monoisotopic (exact) mass is 267 g/mol. The molecule has 1 aliphatic rings. The molecule has 2 heteroatoms.